The van der Waals surface area contributed by atoms with E-state index in [1.165, 1.54) is 12.1 Å². The first-order valence-electron chi connectivity index (χ1n) is 9.45. The van der Waals surface area contributed by atoms with Gasteiger partial charge in [0.1, 0.15) is 12.4 Å². The van der Waals surface area contributed by atoms with Crippen LogP contribution in [0.3, 0.4) is 0 Å². The zero-order valence-electron chi connectivity index (χ0n) is 16.3. The molecule has 4 rings (SSSR count). The lowest BCUT2D eigenvalue weighted by molar-refractivity contribution is 0.0458. The third-order valence-corrected chi connectivity index (χ3v) is 5.71. The number of hydrogen-bond donors (Lipinski definition) is 1. The average molecular weight is 431 g/mol. The van der Waals surface area contributed by atoms with Gasteiger partial charge in [-0.05, 0) is 42.8 Å². The number of sulfonamides is 1. The number of nitrogens with zero attached hydrogens (tertiary/aromatic N) is 2. The van der Waals surface area contributed by atoms with Crippen LogP contribution in [0, 0.1) is 0 Å². The van der Waals surface area contributed by atoms with E-state index in [1.54, 1.807) is 24.3 Å². The minimum atomic E-state index is -3.84. The summed E-state index contributed by atoms with van der Waals surface area (Å²) in [6.07, 6.45) is 1.86. The van der Waals surface area contributed by atoms with Gasteiger partial charge in [-0.1, -0.05) is 13.3 Å². The van der Waals surface area contributed by atoms with E-state index in [0.717, 1.165) is 18.4 Å². The molecule has 1 aliphatic heterocycles. The van der Waals surface area contributed by atoms with Gasteiger partial charge in [0, 0.05) is 6.54 Å². The number of nitrogens with two attached hydrogens (primary N) is 1. The summed E-state index contributed by atoms with van der Waals surface area (Å²) in [5, 5.41) is 5.22. The molecule has 3 aromatic rings. The van der Waals surface area contributed by atoms with E-state index in [4.69, 9.17) is 19.3 Å². The number of benzene rings is 2. The van der Waals surface area contributed by atoms with Crippen molar-refractivity contribution < 1.29 is 27.4 Å². The standard InChI is InChI=1S/C20H21N3O6S/c1-2-3-8-23-16-6-5-14(30(21,25)26)10-15(16)22-19(23)11-27-20(24)13-4-7-17-18(9-13)29-12-28-17/h4-7,9-10H,2-3,8,11-12H2,1H3,(H2,21,25,26). The quantitative estimate of drug-likeness (QED) is 0.570. The predicted molar refractivity (Wildman–Crippen MR) is 108 cm³/mol. The van der Waals surface area contributed by atoms with Crippen molar-refractivity contribution in [3.05, 3.63) is 47.8 Å². The van der Waals surface area contributed by atoms with Crippen LogP contribution in [-0.2, 0) is 27.9 Å². The number of carbonyl (C=O) groups is 1. The molecule has 1 aromatic heterocycles. The van der Waals surface area contributed by atoms with Crippen molar-refractivity contribution in [1.29, 1.82) is 0 Å². The maximum atomic E-state index is 12.5. The SMILES string of the molecule is CCCCn1c(COC(=O)c2ccc3c(c2)OCO3)nc2cc(S(N)(=O)=O)ccc21. The highest BCUT2D eigenvalue weighted by atomic mass is 32.2. The number of fused-ring (bicyclic) bond motifs is 2. The van der Waals surface area contributed by atoms with Gasteiger partial charge in [0.05, 0.1) is 21.5 Å². The molecule has 0 atom stereocenters. The Balaban J connectivity index is 1.59. The Hall–Kier alpha value is -3.11. The van der Waals surface area contributed by atoms with Gasteiger partial charge in [0.2, 0.25) is 16.8 Å². The second-order valence-corrected chi connectivity index (χ2v) is 8.43. The predicted octanol–water partition coefficient (Wildman–Crippen LogP) is 2.57. The molecule has 0 fully saturated rings. The molecule has 0 aliphatic carbocycles. The van der Waals surface area contributed by atoms with E-state index in [0.29, 0.717) is 34.9 Å². The third kappa shape index (κ3) is 3.96. The molecule has 0 spiro atoms. The minimum absolute atomic E-state index is 0.0148. The van der Waals surface area contributed by atoms with E-state index in [2.05, 4.69) is 11.9 Å². The fraction of sp³-hybridized carbons (Fsp3) is 0.300. The molecule has 10 heteroatoms. The van der Waals surface area contributed by atoms with Crippen molar-refractivity contribution in [2.24, 2.45) is 5.14 Å². The van der Waals surface area contributed by atoms with Crippen LogP contribution in [0.15, 0.2) is 41.3 Å². The van der Waals surface area contributed by atoms with Gasteiger partial charge < -0.3 is 18.8 Å². The summed E-state index contributed by atoms with van der Waals surface area (Å²) < 4.78 is 41.2. The number of esters is 1. The van der Waals surface area contributed by atoms with Crippen molar-refractivity contribution in [1.82, 2.24) is 9.55 Å². The zero-order chi connectivity index (χ0) is 21.3. The monoisotopic (exact) mass is 431 g/mol. The van der Waals surface area contributed by atoms with E-state index < -0.39 is 16.0 Å². The summed E-state index contributed by atoms with van der Waals surface area (Å²) in [4.78, 5) is 17.0. The Bertz CT molecular complexity index is 1220. The van der Waals surface area contributed by atoms with Gasteiger partial charge in [-0.3, -0.25) is 0 Å². The molecule has 30 heavy (non-hydrogen) atoms. The van der Waals surface area contributed by atoms with Crippen LogP contribution in [0.1, 0.15) is 35.9 Å². The lowest BCUT2D eigenvalue weighted by atomic mass is 10.2. The van der Waals surface area contributed by atoms with Gasteiger partial charge in [-0.2, -0.15) is 0 Å². The number of unbranched alkanes of at least 4 members (excludes halogenated alkanes) is 1. The number of rotatable bonds is 7. The fourth-order valence-corrected chi connectivity index (χ4v) is 3.78. The fourth-order valence-electron chi connectivity index (χ4n) is 3.25. The van der Waals surface area contributed by atoms with Crippen LogP contribution >= 0.6 is 0 Å². The lowest BCUT2D eigenvalue weighted by Crippen LogP contribution is -2.12. The molecule has 0 radical (unpaired) electrons. The first-order chi connectivity index (χ1) is 14.4. The topological polar surface area (TPSA) is 123 Å². The van der Waals surface area contributed by atoms with Crippen LogP contribution in [0.25, 0.3) is 11.0 Å². The minimum Gasteiger partial charge on any atom is -0.454 e. The number of primary sulfonamides is 1. The largest absolute Gasteiger partial charge is 0.454 e. The van der Waals surface area contributed by atoms with Gasteiger partial charge in [-0.15, -0.1) is 0 Å². The number of imidazole rings is 1. The van der Waals surface area contributed by atoms with Gasteiger partial charge >= 0.3 is 5.97 Å². The average Bonchev–Trinajstić information content (AvgIpc) is 3.32. The maximum absolute atomic E-state index is 12.5. The molecule has 158 valence electrons. The maximum Gasteiger partial charge on any atom is 0.338 e. The van der Waals surface area contributed by atoms with Crippen molar-refractivity contribution in [3.8, 4) is 11.5 Å². The Morgan fingerprint density at radius 2 is 2.00 bits per heavy atom. The van der Waals surface area contributed by atoms with Crippen LogP contribution in [0.2, 0.25) is 0 Å². The second kappa shape index (κ2) is 7.96. The molecule has 0 bridgehead atoms. The molecule has 2 aromatic carbocycles. The highest BCUT2D eigenvalue weighted by Gasteiger charge is 2.19. The van der Waals surface area contributed by atoms with Gasteiger partial charge in [0.25, 0.3) is 0 Å². The number of aromatic nitrogens is 2. The summed E-state index contributed by atoms with van der Waals surface area (Å²) in [5.41, 5.74) is 1.57. The van der Waals surface area contributed by atoms with Crippen molar-refractivity contribution >= 4 is 27.0 Å². The Morgan fingerprint density at radius 1 is 1.20 bits per heavy atom. The van der Waals surface area contributed by atoms with Crippen LogP contribution in [0.5, 0.6) is 11.5 Å². The van der Waals surface area contributed by atoms with E-state index in [9.17, 15) is 13.2 Å². The van der Waals surface area contributed by atoms with Crippen LogP contribution < -0.4 is 14.6 Å². The first kappa shape index (κ1) is 20.2. The molecule has 2 heterocycles. The van der Waals surface area contributed by atoms with Gasteiger partial charge in [-0.25, -0.2) is 23.3 Å². The van der Waals surface area contributed by atoms with Gasteiger partial charge in [0.15, 0.2) is 11.5 Å². The smallest absolute Gasteiger partial charge is 0.338 e. The number of hydrogen-bond acceptors (Lipinski definition) is 7. The van der Waals surface area contributed by atoms with E-state index >= 15 is 0 Å². The third-order valence-electron chi connectivity index (χ3n) is 4.80. The molecule has 0 amide bonds. The summed E-state index contributed by atoms with van der Waals surface area (Å²) in [7, 11) is -3.84. The lowest BCUT2D eigenvalue weighted by Gasteiger charge is -2.10. The molecule has 9 nitrogen and oxygen atoms in total. The Morgan fingerprint density at radius 3 is 2.77 bits per heavy atom. The number of ether oxygens (including phenoxy) is 3. The van der Waals surface area contributed by atoms with Crippen LogP contribution in [0.4, 0.5) is 0 Å². The number of carbonyl (C=O) groups excluding carboxylic acids is 1. The second-order valence-electron chi connectivity index (χ2n) is 6.87. The summed E-state index contributed by atoms with van der Waals surface area (Å²) in [5.74, 6) is 1.08. The molecular weight excluding hydrogens is 410 g/mol. The first-order valence-corrected chi connectivity index (χ1v) is 11.0. The highest BCUT2D eigenvalue weighted by molar-refractivity contribution is 7.89. The summed E-state index contributed by atoms with van der Waals surface area (Å²) in [6, 6.07) is 9.38. The summed E-state index contributed by atoms with van der Waals surface area (Å²) in [6.45, 7) is 2.79. The normalized spacial score (nSPS) is 13.0. The highest BCUT2D eigenvalue weighted by Crippen LogP contribution is 2.32. The molecule has 0 saturated heterocycles. The number of aryl methyl sites for hydroxylation is 1. The molecule has 0 unspecified atom stereocenters. The van der Waals surface area contributed by atoms with E-state index in [1.807, 2.05) is 4.57 Å². The zero-order valence-corrected chi connectivity index (χ0v) is 17.1. The van der Waals surface area contributed by atoms with Crippen molar-refractivity contribution in [2.45, 2.75) is 37.8 Å². The molecule has 2 N–H and O–H groups in total. The molecule has 0 saturated carbocycles. The summed E-state index contributed by atoms with van der Waals surface area (Å²) >= 11 is 0. The Kier molecular flexibility index (Phi) is 5.35. The molecule has 1 aliphatic rings. The Labute approximate surface area is 173 Å². The van der Waals surface area contributed by atoms with Crippen LogP contribution in [-0.4, -0.2) is 30.7 Å². The molecular formula is C20H21N3O6S. The van der Waals surface area contributed by atoms with E-state index in [-0.39, 0.29) is 18.3 Å². The van der Waals surface area contributed by atoms with Crippen molar-refractivity contribution in [2.75, 3.05) is 6.79 Å². The van der Waals surface area contributed by atoms with Crippen molar-refractivity contribution in [3.63, 3.8) is 0 Å².